The van der Waals surface area contributed by atoms with Crippen molar-refractivity contribution in [3.05, 3.63) is 71.5 Å². The maximum atomic E-state index is 13.4. The fraction of sp³-hybridized carbons (Fsp3) is 0.250. The standard InChI is InChI=1S/C20H21FN2O4/c21-17-11-5-4-10-16(17)20(26)23-13-19(25)27-14-18(24)22-12-6-9-15-7-2-1-3-8-15/h1-5,7-8,10-11H,6,9,12-14H2,(H,22,24)(H,23,26). The second-order valence-corrected chi connectivity index (χ2v) is 5.76. The summed E-state index contributed by atoms with van der Waals surface area (Å²) in [5.41, 5.74) is 1.02. The second-order valence-electron chi connectivity index (χ2n) is 5.76. The molecular weight excluding hydrogens is 351 g/mol. The minimum atomic E-state index is -0.779. The Balaban J connectivity index is 1.58. The predicted molar refractivity (Wildman–Crippen MR) is 97.5 cm³/mol. The Kier molecular flexibility index (Phi) is 7.96. The smallest absolute Gasteiger partial charge is 0.325 e. The normalized spacial score (nSPS) is 10.1. The molecule has 0 saturated carbocycles. The predicted octanol–water partition coefficient (Wildman–Crippen LogP) is 1.85. The quantitative estimate of drug-likeness (QED) is 0.520. The van der Waals surface area contributed by atoms with Gasteiger partial charge in [0.1, 0.15) is 12.4 Å². The highest BCUT2D eigenvalue weighted by Gasteiger charge is 2.13. The molecule has 27 heavy (non-hydrogen) atoms. The summed E-state index contributed by atoms with van der Waals surface area (Å²) >= 11 is 0. The topological polar surface area (TPSA) is 84.5 Å². The average molecular weight is 372 g/mol. The molecule has 0 fully saturated rings. The number of ether oxygens (including phenoxy) is 1. The number of hydrogen-bond acceptors (Lipinski definition) is 4. The number of carbonyl (C=O) groups excluding carboxylic acids is 3. The number of esters is 1. The van der Waals surface area contributed by atoms with Gasteiger partial charge in [-0.1, -0.05) is 42.5 Å². The first kappa shape index (κ1) is 20.1. The van der Waals surface area contributed by atoms with Crippen LogP contribution in [0, 0.1) is 5.82 Å². The summed E-state index contributed by atoms with van der Waals surface area (Å²) in [4.78, 5) is 35.0. The lowest BCUT2D eigenvalue weighted by Crippen LogP contribution is -2.34. The molecule has 2 aromatic rings. The van der Waals surface area contributed by atoms with E-state index in [1.807, 2.05) is 30.3 Å². The van der Waals surface area contributed by atoms with Crippen molar-refractivity contribution in [1.82, 2.24) is 10.6 Å². The third-order valence-corrected chi connectivity index (χ3v) is 3.68. The number of rotatable bonds is 9. The summed E-state index contributed by atoms with van der Waals surface area (Å²) < 4.78 is 18.2. The second kappa shape index (κ2) is 10.7. The van der Waals surface area contributed by atoms with Crippen molar-refractivity contribution < 1.29 is 23.5 Å². The molecule has 7 heteroatoms. The lowest BCUT2D eigenvalue weighted by Gasteiger charge is -2.08. The highest BCUT2D eigenvalue weighted by atomic mass is 19.1. The van der Waals surface area contributed by atoms with Gasteiger partial charge in [-0.15, -0.1) is 0 Å². The van der Waals surface area contributed by atoms with E-state index in [-0.39, 0.29) is 5.56 Å². The Morgan fingerprint density at radius 1 is 0.926 bits per heavy atom. The van der Waals surface area contributed by atoms with Crippen molar-refractivity contribution in [2.45, 2.75) is 12.8 Å². The maximum absolute atomic E-state index is 13.4. The monoisotopic (exact) mass is 372 g/mol. The van der Waals surface area contributed by atoms with Gasteiger partial charge in [-0.2, -0.15) is 0 Å². The third kappa shape index (κ3) is 7.27. The maximum Gasteiger partial charge on any atom is 0.325 e. The third-order valence-electron chi connectivity index (χ3n) is 3.68. The molecule has 142 valence electrons. The summed E-state index contributed by atoms with van der Waals surface area (Å²) in [6.07, 6.45) is 1.60. The average Bonchev–Trinajstić information content (AvgIpc) is 2.69. The van der Waals surface area contributed by atoms with Gasteiger partial charge in [-0.05, 0) is 30.5 Å². The van der Waals surface area contributed by atoms with Crippen LogP contribution in [0.5, 0.6) is 0 Å². The van der Waals surface area contributed by atoms with E-state index in [4.69, 9.17) is 4.74 Å². The zero-order chi connectivity index (χ0) is 19.5. The summed E-state index contributed by atoms with van der Waals surface area (Å²) in [5.74, 6) is -2.61. The fourth-order valence-corrected chi connectivity index (χ4v) is 2.31. The van der Waals surface area contributed by atoms with E-state index in [2.05, 4.69) is 10.6 Å². The summed E-state index contributed by atoms with van der Waals surface area (Å²) in [5, 5.41) is 4.90. The number of halogens is 1. The Morgan fingerprint density at radius 2 is 1.63 bits per heavy atom. The molecule has 6 nitrogen and oxygen atoms in total. The van der Waals surface area contributed by atoms with Crippen LogP contribution < -0.4 is 10.6 Å². The molecule has 0 aliphatic carbocycles. The summed E-state index contributed by atoms with van der Waals surface area (Å²) in [6.45, 7) is -0.413. The van der Waals surface area contributed by atoms with Crippen LogP contribution in [0.3, 0.4) is 0 Å². The van der Waals surface area contributed by atoms with Crippen molar-refractivity contribution in [3.63, 3.8) is 0 Å². The van der Waals surface area contributed by atoms with Gasteiger partial charge in [-0.3, -0.25) is 14.4 Å². The van der Waals surface area contributed by atoms with Crippen LogP contribution in [0.2, 0.25) is 0 Å². The van der Waals surface area contributed by atoms with Gasteiger partial charge in [-0.25, -0.2) is 4.39 Å². The number of nitrogens with one attached hydrogen (secondary N) is 2. The van der Waals surface area contributed by atoms with Crippen LogP contribution in [0.1, 0.15) is 22.3 Å². The van der Waals surface area contributed by atoms with Crippen LogP contribution in [0.4, 0.5) is 4.39 Å². The molecule has 0 atom stereocenters. The first-order chi connectivity index (χ1) is 13.1. The highest BCUT2D eigenvalue weighted by Crippen LogP contribution is 2.05. The zero-order valence-corrected chi connectivity index (χ0v) is 14.7. The lowest BCUT2D eigenvalue weighted by molar-refractivity contribution is -0.147. The van der Waals surface area contributed by atoms with Crippen molar-refractivity contribution in [2.75, 3.05) is 19.7 Å². The van der Waals surface area contributed by atoms with Crippen molar-refractivity contribution in [3.8, 4) is 0 Å². The van der Waals surface area contributed by atoms with Gasteiger partial charge in [0.25, 0.3) is 11.8 Å². The molecule has 0 heterocycles. The van der Waals surface area contributed by atoms with Crippen molar-refractivity contribution in [2.24, 2.45) is 0 Å². The molecule has 0 bridgehead atoms. The molecule has 0 radical (unpaired) electrons. The van der Waals surface area contributed by atoms with Gasteiger partial charge in [0.15, 0.2) is 6.61 Å². The Morgan fingerprint density at radius 3 is 2.37 bits per heavy atom. The number of carbonyl (C=O) groups is 3. The number of benzene rings is 2. The Labute approximate surface area is 156 Å². The molecule has 0 saturated heterocycles. The van der Waals surface area contributed by atoms with Crippen LogP contribution >= 0.6 is 0 Å². The van der Waals surface area contributed by atoms with Gasteiger partial charge < -0.3 is 15.4 Å². The minimum absolute atomic E-state index is 0.165. The van der Waals surface area contributed by atoms with Gasteiger partial charge in [0, 0.05) is 6.54 Å². The largest absolute Gasteiger partial charge is 0.454 e. The van der Waals surface area contributed by atoms with Crippen LogP contribution in [-0.4, -0.2) is 37.5 Å². The molecule has 2 aromatic carbocycles. The summed E-state index contributed by atoms with van der Waals surface area (Å²) in [6, 6.07) is 15.3. The van der Waals surface area contributed by atoms with Gasteiger partial charge >= 0.3 is 5.97 Å². The fourth-order valence-electron chi connectivity index (χ4n) is 2.31. The van der Waals surface area contributed by atoms with E-state index < -0.39 is 36.8 Å². The molecule has 0 spiro atoms. The van der Waals surface area contributed by atoms with Crippen molar-refractivity contribution in [1.29, 1.82) is 0 Å². The Bertz CT molecular complexity index is 781. The SMILES string of the molecule is O=C(COC(=O)CNC(=O)c1ccccc1F)NCCCc1ccccc1. The molecule has 0 aliphatic heterocycles. The summed E-state index contributed by atoms with van der Waals surface area (Å²) in [7, 11) is 0. The number of hydrogen-bond donors (Lipinski definition) is 2. The van der Waals surface area contributed by atoms with Crippen LogP contribution in [-0.2, 0) is 20.7 Å². The zero-order valence-electron chi connectivity index (χ0n) is 14.7. The first-order valence-corrected chi connectivity index (χ1v) is 8.55. The number of aryl methyl sites for hydroxylation is 1. The minimum Gasteiger partial charge on any atom is -0.454 e. The van der Waals surface area contributed by atoms with Crippen molar-refractivity contribution >= 4 is 17.8 Å². The molecule has 2 N–H and O–H groups in total. The van der Waals surface area contributed by atoms with E-state index in [0.717, 1.165) is 18.9 Å². The lowest BCUT2D eigenvalue weighted by atomic mass is 10.1. The molecule has 0 aliphatic rings. The number of amides is 2. The van der Waals surface area contributed by atoms with E-state index in [0.29, 0.717) is 6.54 Å². The first-order valence-electron chi connectivity index (χ1n) is 8.55. The van der Waals surface area contributed by atoms with Crippen LogP contribution in [0.15, 0.2) is 54.6 Å². The molecule has 0 unspecified atom stereocenters. The van der Waals surface area contributed by atoms with Crippen LogP contribution in [0.25, 0.3) is 0 Å². The Hall–Kier alpha value is -3.22. The van der Waals surface area contributed by atoms with Gasteiger partial charge in [0.05, 0.1) is 5.56 Å². The highest BCUT2D eigenvalue weighted by molar-refractivity contribution is 5.96. The molecule has 2 rings (SSSR count). The van der Waals surface area contributed by atoms with E-state index in [9.17, 15) is 18.8 Å². The molecule has 2 amide bonds. The van der Waals surface area contributed by atoms with E-state index >= 15 is 0 Å². The van der Waals surface area contributed by atoms with E-state index in [1.54, 1.807) is 0 Å². The molecule has 0 aromatic heterocycles. The molecular formula is C20H21FN2O4. The van der Waals surface area contributed by atoms with Gasteiger partial charge in [0.2, 0.25) is 0 Å². The van der Waals surface area contributed by atoms with E-state index in [1.165, 1.54) is 23.8 Å².